The Morgan fingerprint density at radius 1 is 0.583 bits per heavy atom. The maximum Gasteiger partial charge on any atom is 0.182 e. The third-order valence-electron chi connectivity index (χ3n) is 2.62. The van der Waals surface area contributed by atoms with E-state index in [1.165, 1.54) is 12.1 Å². The van der Waals surface area contributed by atoms with Crippen LogP contribution in [0.1, 0.15) is 11.1 Å². The topological polar surface area (TPSA) is 0 Å². The summed E-state index contributed by atoms with van der Waals surface area (Å²) in [7, 11) is 0. The van der Waals surface area contributed by atoms with Gasteiger partial charge in [-0.05, 0) is 12.1 Å². The van der Waals surface area contributed by atoms with Crippen molar-refractivity contribution in [1.29, 1.82) is 0 Å². The largest absolute Gasteiger partial charge is 0.182 e. The van der Waals surface area contributed by atoms with Crippen LogP contribution in [-0.2, 0) is 8.67 Å². The fourth-order valence-corrected chi connectivity index (χ4v) is 4.47. The highest BCUT2D eigenvalue weighted by Gasteiger charge is 2.39. The molecule has 1 aromatic rings. The Balaban J connectivity index is 3.61. The van der Waals surface area contributed by atoms with E-state index in [0.29, 0.717) is 0 Å². The molecule has 0 saturated carbocycles. The summed E-state index contributed by atoms with van der Waals surface area (Å²) < 4.78 is -4.43. The predicted molar refractivity (Wildman–Crippen MR) is 112 cm³/mol. The van der Waals surface area contributed by atoms with Crippen LogP contribution in [0.4, 0.5) is 0 Å². The number of hydrogen-bond donors (Lipinski definition) is 0. The van der Waals surface area contributed by atoms with E-state index in [1.807, 2.05) is 0 Å². The Hall–Kier alpha value is 2.18. The average Bonchev–Trinajstić information content (AvgIpc) is 2.46. The van der Waals surface area contributed by atoms with Gasteiger partial charge in [-0.3, -0.25) is 0 Å². The van der Waals surface area contributed by atoms with Crippen molar-refractivity contribution in [3.8, 4) is 0 Å². The van der Waals surface area contributed by atoms with E-state index in [2.05, 4.69) is 0 Å². The SMILES string of the molecule is ClC(Cl)=C(Cl)C(Cl)(Cl)c1cc(Cl)c(C(Cl)(Cl)C(Cl)=C(Cl)Cl)cc1Cl. The molecule has 0 fully saturated rings. The molecule has 0 aliphatic heterocycles. The third kappa shape index (κ3) is 5.16. The number of allylic oxidation sites excluding steroid dienone is 2. The first kappa shape index (κ1) is 24.2. The van der Waals surface area contributed by atoms with E-state index in [-0.39, 0.29) is 40.2 Å². The molecule has 1 rings (SSSR count). The minimum absolute atomic E-state index is 0.00738. The molecule has 0 aliphatic rings. The maximum atomic E-state index is 6.19. The molecule has 0 aliphatic carbocycles. The Bertz CT molecular complexity index is 645. The summed E-state index contributed by atoms with van der Waals surface area (Å²) in [5.74, 6) is 0. The minimum Gasteiger partial charge on any atom is -0.0898 e. The highest BCUT2D eigenvalue weighted by molar-refractivity contribution is 6.65. The van der Waals surface area contributed by atoms with E-state index in [0.717, 1.165) is 0 Å². The zero-order chi connectivity index (χ0) is 19.0. The maximum absolute atomic E-state index is 6.19. The average molecular weight is 572 g/mol. The number of hydrogen-bond acceptors (Lipinski definition) is 0. The van der Waals surface area contributed by atoms with Crippen molar-refractivity contribution in [3.05, 3.63) is 52.4 Å². The molecule has 0 heterocycles. The van der Waals surface area contributed by atoms with E-state index >= 15 is 0 Å². The fraction of sp³-hybridized carbons (Fsp3) is 0.167. The number of benzene rings is 1. The number of alkyl halides is 4. The molecule has 0 amide bonds. The first-order valence-electron chi connectivity index (χ1n) is 5.42. The minimum atomic E-state index is -1.87. The van der Waals surface area contributed by atoms with Gasteiger partial charge in [0, 0.05) is 21.2 Å². The van der Waals surface area contributed by atoms with Crippen LogP contribution in [-0.4, -0.2) is 0 Å². The lowest BCUT2D eigenvalue weighted by Crippen LogP contribution is -2.16. The van der Waals surface area contributed by atoms with Gasteiger partial charge in [0.25, 0.3) is 0 Å². The molecule has 0 spiro atoms. The Morgan fingerprint density at radius 3 is 1.04 bits per heavy atom. The second-order valence-corrected chi connectivity index (χ2v) is 10.2. The van der Waals surface area contributed by atoms with Gasteiger partial charge in [0.05, 0.1) is 10.1 Å². The van der Waals surface area contributed by atoms with Crippen LogP contribution in [0, 0.1) is 0 Å². The summed E-state index contributed by atoms with van der Waals surface area (Å²) in [6.45, 7) is 0. The van der Waals surface area contributed by atoms with E-state index < -0.39 is 8.67 Å². The third-order valence-corrected chi connectivity index (χ3v) is 7.29. The molecule has 134 valence electrons. The van der Waals surface area contributed by atoms with Gasteiger partial charge in [-0.25, -0.2) is 0 Å². The summed E-state index contributed by atoms with van der Waals surface area (Å²) in [5, 5.41) is -0.532. The molecular formula is C12H2Cl12. The second kappa shape index (κ2) is 9.12. The van der Waals surface area contributed by atoms with Gasteiger partial charge in [0.15, 0.2) is 8.67 Å². The first-order chi connectivity index (χ1) is 10.7. The molecule has 24 heavy (non-hydrogen) atoms. The van der Waals surface area contributed by atoms with Crippen molar-refractivity contribution in [3.63, 3.8) is 0 Å². The summed E-state index contributed by atoms with van der Waals surface area (Å²) in [6.07, 6.45) is 0. The van der Waals surface area contributed by atoms with Crippen LogP contribution in [0.25, 0.3) is 0 Å². The molecular weight excluding hydrogens is 570 g/mol. The predicted octanol–water partition coefficient (Wildman–Crippen LogP) is 10.0. The molecule has 0 atom stereocenters. The molecule has 0 N–H and O–H groups in total. The fourth-order valence-electron chi connectivity index (χ4n) is 1.50. The number of rotatable bonds is 4. The smallest absolute Gasteiger partial charge is 0.0898 e. The monoisotopic (exact) mass is 566 g/mol. The zero-order valence-electron chi connectivity index (χ0n) is 10.7. The van der Waals surface area contributed by atoms with E-state index in [9.17, 15) is 0 Å². The molecule has 0 nitrogen and oxygen atoms in total. The second-order valence-electron chi connectivity index (χ2n) is 4.11. The lowest BCUT2D eigenvalue weighted by molar-refractivity contribution is 1.04. The Labute approximate surface area is 198 Å². The van der Waals surface area contributed by atoms with Gasteiger partial charge in [-0.1, -0.05) is 139 Å². The Morgan fingerprint density at radius 2 is 0.833 bits per heavy atom. The molecule has 12 heteroatoms. The summed E-state index contributed by atoms with van der Waals surface area (Å²) in [4.78, 5) is 0. The van der Waals surface area contributed by atoms with Gasteiger partial charge >= 0.3 is 0 Å². The van der Waals surface area contributed by atoms with Crippen LogP contribution in [0.3, 0.4) is 0 Å². The van der Waals surface area contributed by atoms with Gasteiger partial charge in [0.2, 0.25) is 0 Å². The molecule has 0 radical (unpaired) electrons. The van der Waals surface area contributed by atoms with Gasteiger partial charge in [-0.15, -0.1) is 0 Å². The zero-order valence-corrected chi connectivity index (χ0v) is 19.8. The van der Waals surface area contributed by atoms with Crippen LogP contribution in [0.15, 0.2) is 31.2 Å². The normalized spacial score (nSPS) is 12.2. The van der Waals surface area contributed by atoms with E-state index in [4.69, 9.17) is 139 Å². The molecule has 1 aromatic carbocycles. The van der Waals surface area contributed by atoms with Gasteiger partial charge in [0.1, 0.15) is 8.98 Å². The van der Waals surface area contributed by atoms with Crippen molar-refractivity contribution in [2.45, 2.75) is 8.67 Å². The summed E-state index contributed by atoms with van der Waals surface area (Å²) in [5.41, 5.74) is 0.178. The molecule has 0 bridgehead atoms. The quantitative estimate of drug-likeness (QED) is 0.316. The molecule has 0 unspecified atom stereocenters. The van der Waals surface area contributed by atoms with Crippen molar-refractivity contribution in [2.24, 2.45) is 0 Å². The van der Waals surface area contributed by atoms with Gasteiger partial charge in [-0.2, -0.15) is 0 Å². The van der Waals surface area contributed by atoms with Crippen molar-refractivity contribution >= 4 is 139 Å². The van der Waals surface area contributed by atoms with E-state index in [1.54, 1.807) is 0 Å². The lowest BCUT2D eigenvalue weighted by Gasteiger charge is -2.25. The van der Waals surface area contributed by atoms with Crippen LogP contribution in [0.2, 0.25) is 10.0 Å². The van der Waals surface area contributed by atoms with Crippen molar-refractivity contribution in [1.82, 2.24) is 0 Å². The van der Waals surface area contributed by atoms with Gasteiger partial charge < -0.3 is 0 Å². The highest BCUT2D eigenvalue weighted by Crippen LogP contribution is 2.53. The van der Waals surface area contributed by atoms with Crippen molar-refractivity contribution in [2.75, 3.05) is 0 Å². The standard InChI is InChI=1S/C12H2Cl12/c13-5-1-3(11(21,22)7(15)9(17)18)6(14)2-4(5)12(23,24)8(16)10(19)20/h1-2H. The van der Waals surface area contributed by atoms with Crippen LogP contribution >= 0.6 is 139 Å². The van der Waals surface area contributed by atoms with Crippen LogP contribution < -0.4 is 0 Å². The van der Waals surface area contributed by atoms with Crippen LogP contribution in [0.5, 0.6) is 0 Å². The molecule has 0 saturated heterocycles. The van der Waals surface area contributed by atoms with Crippen molar-refractivity contribution < 1.29 is 0 Å². The highest BCUT2D eigenvalue weighted by atomic mass is 35.5. The molecule has 0 aromatic heterocycles. The first-order valence-corrected chi connectivity index (χ1v) is 9.96. The Kier molecular flexibility index (Phi) is 9.20. The lowest BCUT2D eigenvalue weighted by atomic mass is 10.0. The summed E-state index contributed by atoms with van der Waals surface area (Å²) >= 11 is 71.4. The summed E-state index contributed by atoms with van der Waals surface area (Å²) in [6, 6.07) is 2.56. The number of halogens is 12.